The highest BCUT2D eigenvalue weighted by Gasteiger charge is 2.14. The first-order valence-electron chi connectivity index (χ1n) is 7.64. The van der Waals surface area contributed by atoms with Gasteiger partial charge in [-0.05, 0) is 39.2 Å². The minimum atomic E-state index is 0.683. The fourth-order valence-electron chi connectivity index (χ4n) is 2.94. The Morgan fingerprint density at radius 3 is 2.59 bits per heavy atom. The zero-order valence-electron chi connectivity index (χ0n) is 12.2. The molecule has 0 heterocycles. The standard InChI is InChI=1S/C15H32N2/c1-4-8-14(2)16-11-12-17(3)13-15-9-6-5-7-10-15/h14-16H,4-13H2,1-3H3. The van der Waals surface area contributed by atoms with E-state index in [-0.39, 0.29) is 0 Å². The Morgan fingerprint density at radius 2 is 1.94 bits per heavy atom. The van der Waals surface area contributed by atoms with Gasteiger partial charge in [0.2, 0.25) is 0 Å². The van der Waals surface area contributed by atoms with E-state index in [2.05, 4.69) is 31.1 Å². The fraction of sp³-hybridized carbons (Fsp3) is 1.00. The van der Waals surface area contributed by atoms with Crippen LogP contribution in [0, 0.1) is 5.92 Å². The van der Waals surface area contributed by atoms with Gasteiger partial charge in [0.05, 0.1) is 0 Å². The Bertz CT molecular complexity index is 176. The molecule has 1 unspecified atom stereocenters. The summed E-state index contributed by atoms with van der Waals surface area (Å²) in [5.41, 5.74) is 0. The largest absolute Gasteiger partial charge is 0.313 e. The van der Waals surface area contributed by atoms with Crippen LogP contribution in [0.1, 0.15) is 58.8 Å². The highest BCUT2D eigenvalue weighted by Crippen LogP contribution is 2.23. The van der Waals surface area contributed by atoms with Crippen molar-refractivity contribution >= 4 is 0 Å². The lowest BCUT2D eigenvalue weighted by atomic mass is 9.89. The Labute approximate surface area is 108 Å². The van der Waals surface area contributed by atoms with Gasteiger partial charge in [-0.15, -0.1) is 0 Å². The Hall–Kier alpha value is -0.0800. The van der Waals surface area contributed by atoms with Crippen molar-refractivity contribution in [3.63, 3.8) is 0 Å². The Balaban J connectivity index is 2.02. The van der Waals surface area contributed by atoms with Crippen LogP contribution in [0.4, 0.5) is 0 Å². The van der Waals surface area contributed by atoms with E-state index in [1.165, 1.54) is 58.0 Å². The zero-order valence-corrected chi connectivity index (χ0v) is 12.2. The molecule has 0 saturated heterocycles. The van der Waals surface area contributed by atoms with Crippen LogP contribution < -0.4 is 5.32 Å². The molecule has 1 fully saturated rings. The smallest absolute Gasteiger partial charge is 0.0104 e. The summed E-state index contributed by atoms with van der Waals surface area (Å²) in [4.78, 5) is 2.52. The molecule has 102 valence electrons. The Morgan fingerprint density at radius 1 is 1.24 bits per heavy atom. The van der Waals surface area contributed by atoms with E-state index in [1.807, 2.05) is 0 Å². The minimum absolute atomic E-state index is 0.683. The average molecular weight is 240 g/mol. The van der Waals surface area contributed by atoms with E-state index in [1.54, 1.807) is 0 Å². The summed E-state index contributed by atoms with van der Waals surface area (Å²) in [5.74, 6) is 0.974. The van der Waals surface area contributed by atoms with Crippen molar-refractivity contribution in [2.75, 3.05) is 26.7 Å². The maximum Gasteiger partial charge on any atom is 0.0104 e. The number of hydrogen-bond donors (Lipinski definition) is 1. The van der Waals surface area contributed by atoms with Crippen molar-refractivity contribution < 1.29 is 0 Å². The highest BCUT2D eigenvalue weighted by molar-refractivity contribution is 4.70. The van der Waals surface area contributed by atoms with Crippen molar-refractivity contribution in [1.29, 1.82) is 0 Å². The summed E-state index contributed by atoms with van der Waals surface area (Å²) in [6.07, 6.45) is 9.90. The van der Waals surface area contributed by atoms with Gasteiger partial charge in [0.1, 0.15) is 0 Å². The fourth-order valence-corrected chi connectivity index (χ4v) is 2.94. The number of rotatable bonds is 8. The Kier molecular flexibility index (Phi) is 7.87. The summed E-state index contributed by atoms with van der Waals surface area (Å²) >= 11 is 0. The second-order valence-corrected chi connectivity index (χ2v) is 5.91. The lowest BCUT2D eigenvalue weighted by Crippen LogP contribution is -2.36. The van der Waals surface area contributed by atoms with Crippen LogP contribution in [0.15, 0.2) is 0 Å². The van der Waals surface area contributed by atoms with Gasteiger partial charge >= 0.3 is 0 Å². The van der Waals surface area contributed by atoms with Gasteiger partial charge < -0.3 is 10.2 Å². The molecule has 1 aliphatic rings. The van der Waals surface area contributed by atoms with Crippen LogP contribution in [0.25, 0.3) is 0 Å². The molecule has 1 N–H and O–H groups in total. The molecule has 1 aliphatic carbocycles. The molecule has 0 spiro atoms. The van der Waals surface area contributed by atoms with Crippen LogP contribution >= 0.6 is 0 Å². The summed E-state index contributed by atoms with van der Waals surface area (Å²) < 4.78 is 0. The second kappa shape index (κ2) is 8.93. The maximum absolute atomic E-state index is 3.61. The first kappa shape index (κ1) is 15.0. The van der Waals surface area contributed by atoms with E-state index in [0.717, 1.165) is 12.5 Å². The predicted molar refractivity (Wildman–Crippen MR) is 76.4 cm³/mol. The van der Waals surface area contributed by atoms with Crippen LogP contribution in [0.3, 0.4) is 0 Å². The van der Waals surface area contributed by atoms with E-state index in [0.29, 0.717) is 6.04 Å². The summed E-state index contributed by atoms with van der Waals surface area (Å²) in [5, 5.41) is 3.61. The van der Waals surface area contributed by atoms with Crippen molar-refractivity contribution in [2.45, 2.75) is 64.8 Å². The topological polar surface area (TPSA) is 15.3 Å². The molecule has 2 heteroatoms. The summed E-state index contributed by atoms with van der Waals surface area (Å²) in [6, 6.07) is 0.683. The normalized spacial score (nSPS) is 19.8. The van der Waals surface area contributed by atoms with Crippen LogP contribution in [0.5, 0.6) is 0 Å². The molecule has 0 radical (unpaired) electrons. The molecule has 2 nitrogen and oxygen atoms in total. The molecule has 0 aliphatic heterocycles. The lowest BCUT2D eigenvalue weighted by molar-refractivity contribution is 0.231. The third-order valence-corrected chi connectivity index (χ3v) is 4.00. The number of hydrogen-bond acceptors (Lipinski definition) is 2. The molecule has 17 heavy (non-hydrogen) atoms. The second-order valence-electron chi connectivity index (χ2n) is 5.91. The molecule has 0 aromatic carbocycles. The molecular formula is C15H32N2. The van der Waals surface area contributed by atoms with E-state index < -0.39 is 0 Å². The van der Waals surface area contributed by atoms with Gasteiger partial charge in [0.15, 0.2) is 0 Å². The molecular weight excluding hydrogens is 208 g/mol. The molecule has 0 aromatic rings. The van der Waals surface area contributed by atoms with Gasteiger partial charge in [-0.2, -0.15) is 0 Å². The lowest BCUT2D eigenvalue weighted by Gasteiger charge is -2.27. The van der Waals surface area contributed by atoms with Crippen LogP contribution in [0.2, 0.25) is 0 Å². The van der Waals surface area contributed by atoms with E-state index in [9.17, 15) is 0 Å². The minimum Gasteiger partial charge on any atom is -0.313 e. The van der Waals surface area contributed by atoms with E-state index in [4.69, 9.17) is 0 Å². The molecule has 1 saturated carbocycles. The zero-order chi connectivity index (χ0) is 12.5. The van der Waals surface area contributed by atoms with Gasteiger partial charge in [0.25, 0.3) is 0 Å². The highest BCUT2D eigenvalue weighted by atomic mass is 15.1. The van der Waals surface area contributed by atoms with Gasteiger partial charge in [-0.1, -0.05) is 32.6 Å². The van der Waals surface area contributed by atoms with Crippen molar-refractivity contribution in [3.05, 3.63) is 0 Å². The third-order valence-electron chi connectivity index (χ3n) is 4.00. The number of likely N-dealkylation sites (N-methyl/N-ethyl adjacent to an activating group) is 1. The maximum atomic E-state index is 3.61. The van der Waals surface area contributed by atoms with Crippen molar-refractivity contribution in [1.82, 2.24) is 10.2 Å². The third kappa shape index (κ3) is 7.05. The number of nitrogens with zero attached hydrogens (tertiary/aromatic N) is 1. The average Bonchev–Trinajstić information content (AvgIpc) is 2.30. The van der Waals surface area contributed by atoms with Crippen molar-refractivity contribution in [2.24, 2.45) is 5.92 Å². The van der Waals surface area contributed by atoms with Gasteiger partial charge in [0, 0.05) is 25.7 Å². The first-order valence-corrected chi connectivity index (χ1v) is 7.64. The van der Waals surface area contributed by atoms with Crippen LogP contribution in [-0.2, 0) is 0 Å². The molecule has 0 bridgehead atoms. The molecule has 1 atom stereocenters. The summed E-state index contributed by atoms with van der Waals surface area (Å²) in [7, 11) is 2.28. The predicted octanol–water partition coefficient (Wildman–Crippen LogP) is 3.28. The van der Waals surface area contributed by atoms with Gasteiger partial charge in [-0.25, -0.2) is 0 Å². The van der Waals surface area contributed by atoms with Crippen LogP contribution in [-0.4, -0.2) is 37.6 Å². The SMILES string of the molecule is CCCC(C)NCCN(C)CC1CCCCC1. The van der Waals surface area contributed by atoms with Crippen molar-refractivity contribution in [3.8, 4) is 0 Å². The molecule has 0 aromatic heterocycles. The first-order chi connectivity index (χ1) is 8.22. The van der Waals surface area contributed by atoms with E-state index >= 15 is 0 Å². The quantitative estimate of drug-likeness (QED) is 0.700. The van der Waals surface area contributed by atoms with Gasteiger partial charge in [-0.3, -0.25) is 0 Å². The monoisotopic (exact) mass is 240 g/mol. The molecule has 0 amide bonds. The number of nitrogens with one attached hydrogen (secondary N) is 1. The molecule has 1 rings (SSSR count). The summed E-state index contributed by atoms with van der Waals surface area (Å²) in [6.45, 7) is 8.21.